The molecule has 9 heteroatoms. The quantitative estimate of drug-likeness (QED) is 0.368. The second-order valence-corrected chi connectivity index (χ2v) is 11.2. The van der Waals surface area contributed by atoms with Gasteiger partial charge in [-0.05, 0) is 69.6 Å². The Hall–Kier alpha value is -2.81. The molecule has 0 aromatic heterocycles. The lowest BCUT2D eigenvalue weighted by Crippen LogP contribution is -2.49. The number of benzene rings is 2. The summed E-state index contributed by atoms with van der Waals surface area (Å²) in [7, 11) is 1.32. The number of carbonyl (C=O) groups excluding carboxylic acids is 2. The molecule has 2 aliphatic rings. The molecule has 4 rings (SSSR count). The molecule has 1 aliphatic carbocycles. The van der Waals surface area contributed by atoms with Gasteiger partial charge in [-0.3, -0.25) is 4.79 Å². The first-order valence-electron chi connectivity index (χ1n) is 13.8. The third kappa shape index (κ3) is 6.86. The Balaban J connectivity index is 1.65. The van der Waals surface area contributed by atoms with Crippen molar-refractivity contribution in [3.8, 4) is 11.5 Å². The summed E-state index contributed by atoms with van der Waals surface area (Å²) in [5, 5.41) is 15.6. The highest BCUT2D eigenvalue weighted by Gasteiger charge is 2.44. The molecule has 2 aromatic carbocycles. The monoisotopic (exact) mass is 557 g/mol. The van der Waals surface area contributed by atoms with Crippen LogP contribution in [0.25, 0.3) is 0 Å². The molecule has 4 atom stereocenters. The maximum absolute atomic E-state index is 13.4. The topological polar surface area (TPSA) is 114 Å². The molecule has 0 unspecified atom stereocenters. The number of aliphatic hydroxyl groups is 1. The normalized spacial score (nSPS) is 22.7. The minimum absolute atomic E-state index is 0.0535. The third-order valence-electron chi connectivity index (χ3n) is 8.16. The lowest BCUT2D eigenvalue weighted by molar-refractivity contribution is -0.141. The van der Waals surface area contributed by atoms with Gasteiger partial charge in [0.15, 0.2) is 5.75 Å². The predicted octanol–water partition coefficient (Wildman–Crippen LogP) is 5.13. The lowest BCUT2D eigenvalue weighted by Gasteiger charge is -2.44. The summed E-state index contributed by atoms with van der Waals surface area (Å²) in [6.45, 7) is 3.39. The minimum Gasteiger partial charge on any atom is -0.455 e. The highest BCUT2D eigenvalue weighted by Crippen LogP contribution is 2.47. The highest BCUT2D eigenvalue weighted by atomic mass is 35.5. The van der Waals surface area contributed by atoms with Crippen LogP contribution in [0.5, 0.6) is 11.5 Å². The number of hydrogen-bond acceptors (Lipinski definition) is 6. The first kappa shape index (κ1) is 29.2. The zero-order chi connectivity index (χ0) is 28.0. The Morgan fingerprint density at radius 1 is 1.18 bits per heavy atom. The second kappa shape index (κ2) is 13.0. The summed E-state index contributed by atoms with van der Waals surface area (Å²) >= 11 is 6.69. The van der Waals surface area contributed by atoms with E-state index >= 15 is 0 Å². The van der Waals surface area contributed by atoms with E-state index in [1.807, 2.05) is 48.2 Å². The smallest absolute Gasteiger partial charge is 0.406 e. The fourth-order valence-corrected chi connectivity index (χ4v) is 6.19. The number of amides is 2. The number of methoxy groups -OCH3 is 1. The van der Waals surface area contributed by atoms with Crippen molar-refractivity contribution in [3.63, 3.8) is 0 Å². The van der Waals surface area contributed by atoms with Gasteiger partial charge in [-0.2, -0.15) is 0 Å². The molecular formula is C30H40ClN3O5. The van der Waals surface area contributed by atoms with Gasteiger partial charge in [-0.1, -0.05) is 41.9 Å². The van der Waals surface area contributed by atoms with Crippen molar-refractivity contribution in [1.82, 2.24) is 10.2 Å². The van der Waals surface area contributed by atoms with Gasteiger partial charge >= 0.3 is 6.09 Å². The van der Waals surface area contributed by atoms with Crippen molar-refractivity contribution in [1.29, 1.82) is 0 Å². The Bertz CT molecular complexity index is 1160. The van der Waals surface area contributed by atoms with E-state index in [0.29, 0.717) is 61.0 Å². The maximum atomic E-state index is 13.4. The van der Waals surface area contributed by atoms with Crippen molar-refractivity contribution in [2.75, 3.05) is 26.7 Å². The number of nitrogens with one attached hydrogen (secondary N) is 1. The van der Waals surface area contributed by atoms with Crippen molar-refractivity contribution in [2.24, 2.45) is 17.6 Å². The fraction of sp³-hybridized carbons (Fsp3) is 0.533. The van der Waals surface area contributed by atoms with Gasteiger partial charge in [0.1, 0.15) is 5.75 Å². The Morgan fingerprint density at radius 3 is 2.69 bits per heavy atom. The zero-order valence-electron chi connectivity index (χ0n) is 22.8. The highest BCUT2D eigenvalue weighted by molar-refractivity contribution is 6.32. The van der Waals surface area contributed by atoms with Crippen molar-refractivity contribution < 1.29 is 24.2 Å². The molecule has 2 amide bonds. The molecule has 0 bridgehead atoms. The van der Waals surface area contributed by atoms with Crippen LogP contribution in [0, 0.1) is 18.8 Å². The summed E-state index contributed by atoms with van der Waals surface area (Å²) in [5.41, 5.74) is 6.26. The van der Waals surface area contributed by atoms with Crippen LogP contribution in [0.15, 0.2) is 42.5 Å². The van der Waals surface area contributed by atoms with Crippen LogP contribution in [0.3, 0.4) is 0 Å². The molecule has 4 N–H and O–H groups in total. The molecule has 0 radical (unpaired) electrons. The molecule has 2 aromatic rings. The largest absolute Gasteiger partial charge is 0.455 e. The van der Waals surface area contributed by atoms with Gasteiger partial charge in [-0.15, -0.1) is 0 Å². The van der Waals surface area contributed by atoms with Gasteiger partial charge in [0.2, 0.25) is 5.91 Å². The molecule has 0 spiro atoms. The minimum atomic E-state index is -1.36. The van der Waals surface area contributed by atoms with Crippen LogP contribution in [0.1, 0.15) is 56.1 Å². The average Bonchev–Trinajstić information content (AvgIpc) is 3.38. The SMILES string of the molecule is COC(=O)NCCC[C@@](O)(c1cccc(Cl)c1Oc1ccccc1C)[C@@H]1CCCN(C(=O)[C@@H]2CC[C@H](N)C2)C1. The van der Waals surface area contributed by atoms with Crippen LogP contribution in [-0.4, -0.2) is 54.8 Å². The number of carbonyl (C=O) groups is 2. The van der Waals surface area contributed by atoms with E-state index in [-0.39, 0.29) is 23.8 Å². The van der Waals surface area contributed by atoms with E-state index in [1.54, 1.807) is 6.07 Å². The number of aryl methyl sites for hydroxylation is 1. The molecule has 1 aliphatic heterocycles. The Kier molecular flexibility index (Phi) is 9.75. The number of para-hydroxylation sites is 2. The molecular weight excluding hydrogens is 518 g/mol. The number of ether oxygens (including phenoxy) is 2. The number of hydrogen-bond donors (Lipinski definition) is 3. The lowest BCUT2D eigenvalue weighted by atomic mass is 9.73. The van der Waals surface area contributed by atoms with Crippen LogP contribution in [-0.2, 0) is 15.1 Å². The van der Waals surface area contributed by atoms with E-state index in [0.717, 1.165) is 31.2 Å². The fourth-order valence-electron chi connectivity index (χ4n) is 5.98. The van der Waals surface area contributed by atoms with E-state index in [9.17, 15) is 14.7 Å². The van der Waals surface area contributed by atoms with Crippen molar-refractivity contribution >= 4 is 23.6 Å². The van der Waals surface area contributed by atoms with Gasteiger partial charge in [-0.25, -0.2) is 4.79 Å². The van der Waals surface area contributed by atoms with E-state index in [2.05, 4.69) is 10.1 Å². The predicted molar refractivity (Wildman–Crippen MR) is 151 cm³/mol. The molecule has 2 fully saturated rings. The van der Waals surface area contributed by atoms with Crippen LogP contribution >= 0.6 is 11.6 Å². The molecule has 1 saturated heterocycles. The standard InChI is InChI=1S/C30H40ClN3O5/c1-20-8-3-4-12-26(20)39-27-24(10-5-11-25(27)31)30(37,15-7-16-33-29(36)38-2)22-9-6-17-34(19-22)28(35)21-13-14-23(32)18-21/h3-5,8,10-12,21-23,37H,6-7,9,13-19,32H2,1-2H3,(H,33,36)/t21-,22-,23+,30+/m1/s1. The summed E-state index contributed by atoms with van der Waals surface area (Å²) in [6, 6.07) is 13.1. The number of piperidine rings is 1. The zero-order valence-corrected chi connectivity index (χ0v) is 23.6. The number of rotatable bonds is 9. The number of nitrogens with two attached hydrogens (primary N) is 1. The van der Waals surface area contributed by atoms with Gasteiger partial charge < -0.3 is 30.5 Å². The molecule has 8 nitrogen and oxygen atoms in total. The first-order valence-corrected chi connectivity index (χ1v) is 14.2. The van der Waals surface area contributed by atoms with Crippen LogP contribution < -0.4 is 15.8 Å². The van der Waals surface area contributed by atoms with E-state index in [1.165, 1.54) is 7.11 Å². The van der Waals surface area contributed by atoms with Crippen LogP contribution in [0.2, 0.25) is 5.02 Å². The van der Waals surface area contributed by atoms with E-state index < -0.39 is 11.7 Å². The number of nitrogens with zero attached hydrogens (tertiary/aromatic N) is 1. The molecule has 1 heterocycles. The van der Waals surface area contributed by atoms with Gasteiger partial charge in [0.25, 0.3) is 0 Å². The first-order chi connectivity index (χ1) is 18.7. The van der Waals surface area contributed by atoms with E-state index in [4.69, 9.17) is 22.1 Å². The Labute approximate surface area is 235 Å². The third-order valence-corrected chi connectivity index (χ3v) is 8.46. The Morgan fingerprint density at radius 2 is 1.97 bits per heavy atom. The summed E-state index contributed by atoms with van der Waals surface area (Å²) in [6.07, 6.45) is 4.23. The average molecular weight is 558 g/mol. The molecule has 39 heavy (non-hydrogen) atoms. The molecule has 212 valence electrons. The number of alkyl carbamates (subject to hydrolysis) is 1. The van der Waals surface area contributed by atoms with Gasteiger partial charge in [0.05, 0.1) is 17.7 Å². The second-order valence-electron chi connectivity index (χ2n) is 10.8. The van der Waals surface area contributed by atoms with Crippen molar-refractivity contribution in [3.05, 3.63) is 58.6 Å². The maximum Gasteiger partial charge on any atom is 0.406 e. The molecule has 1 saturated carbocycles. The van der Waals surface area contributed by atoms with Crippen molar-refractivity contribution in [2.45, 2.75) is 63.5 Å². The van der Waals surface area contributed by atoms with Crippen LogP contribution in [0.4, 0.5) is 4.79 Å². The number of halogens is 1. The number of likely N-dealkylation sites (tertiary alicyclic amines) is 1. The summed E-state index contributed by atoms with van der Waals surface area (Å²) in [4.78, 5) is 26.9. The van der Waals surface area contributed by atoms with Gasteiger partial charge in [0, 0.05) is 43.1 Å². The summed E-state index contributed by atoms with van der Waals surface area (Å²) < 4.78 is 11.1. The summed E-state index contributed by atoms with van der Waals surface area (Å²) in [5.74, 6) is 0.884.